The maximum atomic E-state index is 12.1. The fourth-order valence-corrected chi connectivity index (χ4v) is 2.43. The first-order valence-electron chi connectivity index (χ1n) is 8.15. The minimum Gasteiger partial charge on any atom is -0.294 e. The Kier molecular flexibility index (Phi) is 5.65. The van der Waals surface area contributed by atoms with Gasteiger partial charge in [0.1, 0.15) is 0 Å². The molecule has 1 aliphatic rings. The standard InChI is InChI=1S/C22H18N2O/c25-22(20-11-4-5-12-20)15-14-19-10-6-7-13-21(19)24-17-23-16-18-8-2-1-3-9-18/h1-15,20H,16H2/b15-14+. The van der Waals surface area contributed by atoms with Crippen molar-refractivity contribution in [2.75, 3.05) is 0 Å². The molecule has 25 heavy (non-hydrogen) atoms. The van der Waals surface area contributed by atoms with Gasteiger partial charge in [-0.1, -0.05) is 72.8 Å². The van der Waals surface area contributed by atoms with Crippen LogP contribution < -0.4 is 0 Å². The van der Waals surface area contributed by atoms with Gasteiger partial charge in [0, 0.05) is 5.56 Å². The van der Waals surface area contributed by atoms with E-state index in [2.05, 4.69) is 16.0 Å². The van der Waals surface area contributed by atoms with Crippen molar-refractivity contribution in [2.45, 2.75) is 6.54 Å². The number of carbonyl (C=O) groups is 1. The zero-order valence-corrected chi connectivity index (χ0v) is 13.7. The first-order valence-corrected chi connectivity index (χ1v) is 8.15. The molecule has 2 aromatic rings. The van der Waals surface area contributed by atoms with Gasteiger partial charge in [-0.15, -0.1) is 0 Å². The van der Waals surface area contributed by atoms with Crippen molar-refractivity contribution >= 4 is 23.6 Å². The smallest absolute Gasteiger partial charge is 0.166 e. The topological polar surface area (TPSA) is 41.8 Å². The van der Waals surface area contributed by atoms with Crippen molar-refractivity contribution in [2.24, 2.45) is 15.9 Å². The van der Waals surface area contributed by atoms with Gasteiger partial charge in [0.2, 0.25) is 0 Å². The number of aliphatic imine (C=N–C) groups is 2. The van der Waals surface area contributed by atoms with Crippen LogP contribution in [0.25, 0.3) is 6.08 Å². The van der Waals surface area contributed by atoms with Crippen LogP contribution in [0.3, 0.4) is 0 Å². The SMILES string of the molecule is O=C(/C=C/c1ccccc1N=C=NCc1ccccc1)C1C=CC=C1. The summed E-state index contributed by atoms with van der Waals surface area (Å²) in [4.78, 5) is 20.6. The molecule has 0 fully saturated rings. The third kappa shape index (κ3) is 4.84. The van der Waals surface area contributed by atoms with Crippen LogP contribution in [0.2, 0.25) is 0 Å². The first kappa shape index (κ1) is 16.6. The summed E-state index contributed by atoms with van der Waals surface area (Å²) in [5.74, 6) is -0.0964. The molecule has 0 heterocycles. The summed E-state index contributed by atoms with van der Waals surface area (Å²) in [7, 11) is 0. The predicted molar refractivity (Wildman–Crippen MR) is 102 cm³/mol. The molecule has 0 aliphatic heterocycles. The van der Waals surface area contributed by atoms with Crippen molar-refractivity contribution < 1.29 is 4.79 Å². The Morgan fingerprint density at radius 2 is 1.72 bits per heavy atom. The Balaban J connectivity index is 1.70. The van der Waals surface area contributed by atoms with Crippen LogP contribution in [0.5, 0.6) is 0 Å². The molecule has 2 aromatic carbocycles. The fourth-order valence-electron chi connectivity index (χ4n) is 2.43. The van der Waals surface area contributed by atoms with Gasteiger partial charge in [-0.2, -0.15) is 4.99 Å². The second kappa shape index (κ2) is 8.53. The third-order valence-electron chi connectivity index (χ3n) is 3.79. The van der Waals surface area contributed by atoms with Gasteiger partial charge in [-0.05, 0) is 23.8 Å². The lowest BCUT2D eigenvalue weighted by Crippen LogP contribution is -2.03. The van der Waals surface area contributed by atoms with E-state index in [0.717, 1.165) is 16.8 Å². The van der Waals surface area contributed by atoms with Crippen LogP contribution in [0.1, 0.15) is 11.1 Å². The molecule has 3 rings (SSSR count). The van der Waals surface area contributed by atoms with Gasteiger partial charge in [0.05, 0.1) is 24.2 Å². The molecule has 1 aliphatic carbocycles. The van der Waals surface area contributed by atoms with Gasteiger partial charge < -0.3 is 0 Å². The first-order chi connectivity index (χ1) is 12.3. The molecule has 0 amide bonds. The van der Waals surface area contributed by atoms with Gasteiger partial charge in [-0.25, -0.2) is 4.99 Å². The minimum atomic E-state index is -0.153. The van der Waals surface area contributed by atoms with E-state index < -0.39 is 0 Å². The van der Waals surface area contributed by atoms with Gasteiger partial charge in [0.15, 0.2) is 5.78 Å². The van der Waals surface area contributed by atoms with Crippen molar-refractivity contribution in [1.82, 2.24) is 0 Å². The zero-order valence-electron chi connectivity index (χ0n) is 13.7. The number of hydrogen-bond donors (Lipinski definition) is 0. The van der Waals surface area contributed by atoms with E-state index >= 15 is 0 Å². The summed E-state index contributed by atoms with van der Waals surface area (Å²) in [6.45, 7) is 0.543. The quantitative estimate of drug-likeness (QED) is 0.543. The van der Waals surface area contributed by atoms with Crippen molar-refractivity contribution in [3.63, 3.8) is 0 Å². The molecular formula is C22H18N2O. The lowest BCUT2D eigenvalue weighted by Gasteiger charge is -2.00. The number of benzene rings is 2. The lowest BCUT2D eigenvalue weighted by atomic mass is 10.0. The summed E-state index contributed by atoms with van der Waals surface area (Å²) < 4.78 is 0. The van der Waals surface area contributed by atoms with E-state index in [-0.39, 0.29) is 11.7 Å². The summed E-state index contributed by atoms with van der Waals surface area (Å²) in [6, 6.07) is 20.3. The van der Waals surface area contributed by atoms with E-state index in [4.69, 9.17) is 0 Å². The van der Waals surface area contributed by atoms with Crippen LogP contribution >= 0.6 is 0 Å². The van der Waals surface area contributed by atoms with Crippen LogP contribution in [0, 0.1) is 5.92 Å². The third-order valence-corrected chi connectivity index (χ3v) is 3.79. The summed E-state index contributed by atoms with van der Waals surface area (Å²) >= 11 is 0. The molecule has 0 spiro atoms. The highest BCUT2D eigenvalue weighted by Gasteiger charge is 2.10. The molecule has 0 bridgehead atoms. The number of carbonyl (C=O) groups excluding carboxylic acids is 1. The highest BCUT2D eigenvalue weighted by Crippen LogP contribution is 2.20. The second-order valence-corrected chi connectivity index (χ2v) is 5.60. The van der Waals surface area contributed by atoms with E-state index in [9.17, 15) is 4.79 Å². The molecule has 0 atom stereocenters. The molecule has 3 nitrogen and oxygen atoms in total. The van der Waals surface area contributed by atoms with E-state index in [0.29, 0.717) is 6.54 Å². The number of nitrogens with zero attached hydrogens (tertiary/aromatic N) is 2. The van der Waals surface area contributed by atoms with E-state index in [1.54, 1.807) is 12.2 Å². The lowest BCUT2D eigenvalue weighted by molar-refractivity contribution is -0.115. The fraction of sp³-hybridized carbons (Fsp3) is 0.0909. The second-order valence-electron chi connectivity index (χ2n) is 5.60. The molecule has 0 saturated heterocycles. The van der Waals surface area contributed by atoms with Crippen LogP contribution in [-0.4, -0.2) is 11.8 Å². The van der Waals surface area contributed by atoms with Crippen molar-refractivity contribution in [3.05, 3.63) is 96.1 Å². The summed E-state index contributed by atoms with van der Waals surface area (Å²) in [5.41, 5.74) is 2.71. The molecule has 0 radical (unpaired) electrons. The highest BCUT2D eigenvalue weighted by atomic mass is 16.1. The number of ketones is 1. The van der Waals surface area contributed by atoms with E-state index in [1.165, 1.54) is 0 Å². The van der Waals surface area contributed by atoms with Crippen LogP contribution in [0.4, 0.5) is 5.69 Å². The maximum absolute atomic E-state index is 12.1. The molecule has 0 N–H and O–H groups in total. The summed E-state index contributed by atoms with van der Waals surface area (Å²) in [6.07, 6.45) is 10.9. The van der Waals surface area contributed by atoms with E-state index in [1.807, 2.05) is 78.9 Å². The average Bonchev–Trinajstić information content (AvgIpc) is 3.20. The highest BCUT2D eigenvalue weighted by molar-refractivity contribution is 5.98. The minimum absolute atomic E-state index is 0.0570. The normalized spacial score (nSPS) is 13.1. The van der Waals surface area contributed by atoms with Gasteiger partial charge in [0.25, 0.3) is 0 Å². The van der Waals surface area contributed by atoms with Gasteiger partial charge in [-0.3, -0.25) is 4.79 Å². The predicted octanol–water partition coefficient (Wildman–Crippen LogP) is 5.02. The summed E-state index contributed by atoms with van der Waals surface area (Å²) in [5, 5.41) is 0. The monoisotopic (exact) mass is 326 g/mol. The number of allylic oxidation sites excluding steroid dienone is 5. The largest absolute Gasteiger partial charge is 0.294 e. The Hall–Kier alpha value is -3.29. The molecule has 0 saturated carbocycles. The molecule has 0 unspecified atom stereocenters. The van der Waals surface area contributed by atoms with Crippen LogP contribution in [-0.2, 0) is 11.3 Å². The Labute approximate surface area is 147 Å². The Morgan fingerprint density at radius 1 is 1.00 bits per heavy atom. The average molecular weight is 326 g/mol. The molecule has 3 heteroatoms. The molecular weight excluding hydrogens is 308 g/mol. The number of para-hydroxylation sites is 1. The number of rotatable bonds is 6. The Morgan fingerprint density at radius 3 is 2.52 bits per heavy atom. The number of hydrogen-bond acceptors (Lipinski definition) is 3. The van der Waals surface area contributed by atoms with Gasteiger partial charge >= 0.3 is 0 Å². The van der Waals surface area contributed by atoms with Crippen molar-refractivity contribution in [3.8, 4) is 0 Å². The maximum Gasteiger partial charge on any atom is 0.166 e. The van der Waals surface area contributed by atoms with Crippen LogP contribution in [0.15, 0.2) is 95.0 Å². The zero-order chi connectivity index (χ0) is 17.3. The van der Waals surface area contributed by atoms with Crippen molar-refractivity contribution in [1.29, 1.82) is 0 Å². The Bertz CT molecular complexity index is 873. The molecule has 122 valence electrons. The molecule has 0 aromatic heterocycles.